The standard InChI is InChI=1S/C17H30N2O2/c1-12-6-8-17(11-20,9-7-12)19-16(21)15-10-13-4-2-3-5-14(13)18-15/h12-15,18,20H,2-11H2,1H3,(H,19,21). The Morgan fingerprint density at radius 1 is 1.24 bits per heavy atom. The second kappa shape index (κ2) is 6.25. The lowest BCUT2D eigenvalue weighted by molar-refractivity contribution is -0.126. The summed E-state index contributed by atoms with van der Waals surface area (Å²) in [5.41, 5.74) is -0.362. The molecule has 21 heavy (non-hydrogen) atoms. The molecule has 4 heteroatoms. The normalized spacial score (nSPS) is 43.3. The summed E-state index contributed by atoms with van der Waals surface area (Å²) in [6, 6.07) is 0.506. The number of carbonyl (C=O) groups is 1. The van der Waals surface area contributed by atoms with Crippen molar-refractivity contribution in [1.82, 2.24) is 10.6 Å². The first-order valence-corrected chi connectivity index (χ1v) is 8.81. The summed E-state index contributed by atoms with van der Waals surface area (Å²) in [6.07, 6.45) is 10.1. The van der Waals surface area contributed by atoms with Crippen molar-refractivity contribution in [3.63, 3.8) is 0 Å². The molecule has 4 nitrogen and oxygen atoms in total. The quantitative estimate of drug-likeness (QED) is 0.746. The van der Waals surface area contributed by atoms with Gasteiger partial charge >= 0.3 is 0 Å². The number of hydrogen-bond acceptors (Lipinski definition) is 3. The van der Waals surface area contributed by atoms with Crippen molar-refractivity contribution in [3.05, 3.63) is 0 Å². The second-order valence-electron chi connectivity index (χ2n) is 7.72. The van der Waals surface area contributed by atoms with Crippen LogP contribution in [0.15, 0.2) is 0 Å². The third-order valence-electron chi connectivity index (χ3n) is 6.10. The van der Waals surface area contributed by atoms with Crippen molar-refractivity contribution < 1.29 is 9.90 Å². The van der Waals surface area contributed by atoms with Gasteiger partial charge in [0.05, 0.1) is 18.2 Å². The molecule has 0 aromatic heterocycles. The molecule has 3 aliphatic rings. The van der Waals surface area contributed by atoms with Crippen molar-refractivity contribution in [1.29, 1.82) is 0 Å². The van der Waals surface area contributed by atoms with Crippen LogP contribution in [0.25, 0.3) is 0 Å². The van der Waals surface area contributed by atoms with Gasteiger partial charge in [0.15, 0.2) is 0 Å². The molecule has 3 rings (SSSR count). The van der Waals surface area contributed by atoms with Crippen molar-refractivity contribution in [3.8, 4) is 0 Å². The van der Waals surface area contributed by atoms with Gasteiger partial charge in [-0.25, -0.2) is 0 Å². The number of carbonyl (C=O) groups excluding carboxylic acids is 1. The third kappa shape index (κ3) is 3.26. The van der Waals surface area contributed by atoms with Crippen molar-refractivity contribution in [2.45, 2.75) is 82.3 Å². The van der Waals surface area contributed by atoms with E-state index in [2.05, 4.69) is 17.6 Å². The first-order valence-electron chi connectivity index (χ1n) is 8.81. The highest BCUT2D eigenvalue weighted by Crippen LogP contribution is 2.35. The maximum absolute atomic E-state index is 12.6. The van der Waals surface area contributed by atoms with Gasteiger partial charge in [0.2, 0.25) is 5.91 Å². The van der Waals surface area contributed by atoms with Gasteiger partial charge in [0.1, 0.15) is 0 Å². The topological polar surface area (TPSA) is 61.4 Å². The molecular weight excluding hydrogens is 264 g/mol. The number of nitrogens with one attached hydrogen (secondary N) is 2. The Kier molecular flexibility index (Phi) is 4.55. The minimum absolute atomic E-state index is 0.0409. The lowest BCUT2D eigenvalue weighted by Crippen LogP contribution is -2.57. The molecule has 3 unspecified atom stereocenters. The predicted molar refractivity (Wildman–Crippen MR) is 82.9 cm³/mol. The SMILES string of the molecule is CC1CCC(CO)(NC(=O)C2CC3CCCCC3N2)CC1. The van der Waals surface area contributed by atoms with Crippen LogP contribution in [0.4, 0.5) is 0 Å². The predicted octanol–water partition coefficient (Wildman–Crippen LogP) is 1.96. The molecule has 3 N–H and O–H groups in total. The molecule has 3 atom stereocenters. The number of fused-ring (bicyclic) bond motifs is 1. The van der Waals surface area contributed by atoms with E-state index in [0.717, 1.165) is 32.1 Å². The van der Waals surface area contributed by atoms with Gasteiger partial charge in [-0.05, 0) is 56.8 Å². The highest BCUT2D eigenvalue weighted by molar-refractivity contribution is 5.83. The number of amides is 1. The molecule has 3 fully saturated rings. The zero-order chi connectivity index (χ0) is 14.9. The summed E-state index contributed by atoms with van der Waals surface area (Å²) in [7, 11) is 0. The van der Waals surface area contributed by atoms with E-state index in [1.54, 1.807) is 0 Å². The van der Waals surface area contributed by atoms with Crippen molar-refractivity contribution in [2.24, 2.45) is 11.8 Å². The van der Waals surface area contributed by atoms with Crippen LogP contribution in [0.3, 0.4) is 0 Å². The summed E-state index contributed by atoms with van der Waals surface area (Å²) in [6.45, 7) is 2.33. The van der Waals surface area contributed by atoms with E-state index in [4.69, 9.17) is 0 Å². The van der Waals surface area contributed by atoms with E-state index < -0.39 is 0 Å². The summed E-state index contributed by atoms with van der Waals surface area (Å²) >= 11 is 0. The largest absolute Gasteiger partial charge is 0.394 e. The highest BCUT2D eigenvalue weighted by atomic mass is 16.3. The van der Waals surface area contributed by atoms with Gasteiger partial charge in [-0.15, -0.1) is 0 Å². The van der Waals surface area contributed by atoms with Crippen LogP contribution in [0.5, 0.6) is 0 Å². The summed E-state index contributed by atoms with van der Waals surface area (Å²) in [5, 5.41) is 16.5. The first-order chi connectivity index (χ1) is 10.1. The molecule has 0 bridgehead atoms. The van der Waals surface area contributed by atoms with E-state index in [9.17, 15) is 9.90 Å². The van der Waals surface area contributed by atoms with Gasteiger partial charge in [0.25, 0.3) is 0 Å². The zero-order valence-electron chi connectivity index (χ0n) is 13.2. The average Bonchev–Trinajstić information content (AvgIpc) is 2.94. The fourth-order valence-corrected chi connectivity index (χ4v) is 4.51. The van der Waals surface area contributed by atoms with E-state index in [1.165, 1.54) is 25.7 Å². The smallest absolute Gasteiger partial charge is 0.237 e. The molecule has 2 saturated carbocycles. The van der Waals surface area contributed by atoms with E-state index in [-0.39, 0.29) is 24.1 Å². The average molecular weight is 294 g/mol. The van der Waals surface area contributed by atoms with Gasteiger partial charge < -0.3 is 15.7 Å². The summed E-state index contributed by atoms with van der Waals surface area (Å²) in [5.74, 6) is 1.52. The second-order valence-corrected chi connectivity index (χ2v) is 7.72. The monoisotopic (exact) mass is 294 g/mol. The molecule has 0 radical (unpaired) electrons. The van der Waals surface area contributed by atoms with E-state index in [1.807, 2.05) is 0 Å². The molecule has 0 aromatic rings. The Balaban J connectivity index is 1.58. The molecule has 120 valence electrons. The van der Waals surface area contributed by atoms with Crippen LogP contribution in [-0.2, 0) is 4.79 Å². The molecule has 1 heterocycles. The molecule has 1 amide bonds. The van der Waals surface area contributed by atoms with Gasteiger partial charge in [-0.3, -0.25) is 4.79 Å². The third-order valence-corrected chi connectivity index (χ3v) is 6.10. The summed E-state index contributed by atoms with van der Waals surface area (Å²) < 4.78 is 0. The van der Waals surface area contributed by atoms with Crippen LogP contribution in [0, 0.1) is 11.8 Å². The van der Waals surface area contributed by atoms with Crippen LogP contribution in [-0.4, -0.2) is 35.2 Å². The van der Waals surface area contributed by atoms with Gasteiger partial charge in [-0.1, -0.05) is 19.8 Å². The van der Waals surface area contributed by atoms with Crippen LogP contribution >= 0.6 is 0 Å². The number of rotatable bonds is 3. The lowest BCUT2D eigenvalue weighted by atomic mass is 9.77. The fourth-order valence-electron chi connectivity index (χ4n) is 4.51. The van der Waals surface area contributed by atoms with Crippen molar-refractivity contribution in [2.75, 3.05) is 6.61 Å². The molecule has 0 aromatic carbocycles. The minimum atomic E-state index is -0.362. The molecule has 2 aliphatic carbocycles. The molecule has 0 spiro atoms. The Morgan fingerprint density at radius 2 is 1.95 bits per heavy atom. The fraction of sp³-hybridized carbons (Fsp3) is 0.941. The zero-order valence-corrected chi connectivity index (χ0v) is 13.2. The number of aliphatic hydroxyl groups excluding tert-OH is 1. The van der Waals surface area contributed by atoms with Crippen LogP contribution in [0.1, 0.15) is 64.7 Å². The van der Waals surface area contributed by atoms with Crippen molar-refractivity contribution >= 4 is 5.91 Å². The maximum Gasteiger partial charge on any atom is 0.237 e. The van der Waals surface area contributed by atoms with E-state index >= 15 is 0 Å². The highest BCUT2D eigenvalue weighted by Gasteiger charge is 2.41. The molecular formula is C17H30N2O2. The van der Waals surface area contributed by atoms with Crippen LogP contribution < -0.4 is 10.6 Å². The molecule has 1 saturated heterocycles. The Hall–Kier alpha value is -0.610. The van der Waals surface area contributed by atoms with E-state index in [0.29, 0.717) is 17.9 Å². The lowest BCUT2D eigenvalue weighted by Gasteiger charge is -2.39. The molecule has 1 aliphatic heterocycles. The Morgan fingerprint density at radius 3 is 2.62 bits per heavy atom. The maximum atomic E-state index is 12.6. The Labute approximate surface area is 128 Å². The Bertz CT molecular complexity index is 363. The van der Waals surface area contributed by atoms with Gasteiger partial charge in [-0.2, -0.15) is 0 Å². The number of aliphatic hydroxyl groups is 1. The minimum Gasteiger partial charge on any atom is -0.394 e. The van der Waals surface area contributed by atoms with Crippen LogP contribution in [0.2, 0.25) is 0 Å². The number of hydrogen-bond donors (Lipinski definition) is 3. The van der Waals surface area contributed by atoms with Gasteiger partial charge in [0, 0.05) is 6.04 Å². The summed E-state index contributed by atoms with van der Waals surface area (Å²) in [4.78, 5) is 12.6. The first kappa shape index (κ1) is 15.3.